The van der Waals surface area contributed by atoms with Crippen molar-refractivity contribution in [2.45, 2.75) is 25.4 Å². The highest BCUT2D eigenvalue weighted by Crippen LogP contribution is 2.20. The Balaban J connectivity index is 1.81. The van der Waals surface area contributed by atoms with E-state index in [2.05, 4.69) is 0 Å². The zero-order valence-corrected chi connectivity index (χ0v) is 10.8. The molecule has 2 N–H and O–H groups in total. The van der Waals surface area contributed by atoms with E-state index in [0.29, 0.717) is 22.9 Å². The van der Waals surface area contributed by atoms with Gasteiger partial charge in [-0.1, -0.05) is 11.6 Å². The summed E-state index contributed by atoms with van der Waals surface area (Å²) in [6.07, 6.45) is 3.11. The van der Waals surface area contributed by atoms with Gasteiger partial charge in [-0.2, -0.15) is 0 Å². The number of anilines is 1. The summed E-state index contributed by atoms with van der Waals surface area (Å²) < 4.78 is 10.6. The first-order valence-electron chi connectivity index (χ1n) is 6.00. The van der Waals surface area contributed by atoms with Gasteiger partial charge >= 0.3 is 5.97 Å². The van der Waals surface area contributed by atoms with Gasteiger partial charge in [-0.15, -0.1) is 0 Å². The Kier molecular flexibility index (Phi) is 4.44. The van der Waals surface area contributed by atoms with Crippen LogP contribution >= 0.6 is 11.6 Å². The molecule has 1 atom stereocenters. The van der Waals surface area contributed by atoms with Crippen molar-refractivity contribution >= 4 is 23.3 Å². The number of halogens is 1. The lowest BCUT2D eigenvalue weighted by Crippen LogP contribution is -2.13. The van der Waals surface area contributed by atoms with Crippen molar-refractivity contribution in [3.63, 3.8) is 0 Å². The highest BCUT2D eigenvalue weighted by molar-refractivity contribution is 6.33. The summed E-state index contributed by atoms with van der Waals surface area (Å²) in [5.41, 5.74) is 6.44. The lowest BCUT2D eigenvalue weighted by Gasteiger charge is -2.10. The van der Waals surface area contributed by atoms with E-state index < -0.39 is 0 Å². The van der Waals surface area contributed by atoms with Crippen LogP contribution in [0, 0.1) is 0 Å². The van der Waals surface area contributed by atoms with Gasteiger partial charge in [0.05, 0.1) is 29.0 Å². The fraction of sp³-hybridized carbons (Fsp3) is 0.462. The van der Waals surface area contributed by atoms with Crippen LogP contribution in [0.15, 0.2) is 18.2 Å². The molecule has 1 saturated heterocycles. The van der Waals surface area contributed by atoms with Crippen molar-refractivity contribution in [1.82, 2.24) is 0 Å². The van der Waals surface area contributed by atoms with E-state index in [1.807, 2.05) is 0 Å². The molecule has 0 radical (unpaired) electrons. The number of carbonyl (C=O) groups is 1. The standard InChI is InChI=1S/C13H16ClNO3/c14-11-8-9(3-4-12(11)15)13(16)18-7-5-10-2-1-6-17-10/h3-4,8,10H,1-2,5-7,15H2. The van der Waals surface area contributed by atoms with Crippen LogP contribution < -0.4 is 5.73 Å². The van der Waals surface area contributed by atoms with Crippen LogP contribution in [0.4, 0.5) is 5.69 Å². The van der Waals surface area contributed by atoms with Gasteiger partial charge < -0.3 is 15.2 Å². The minimum absolute atomic E-state index is 0.229. The largest absolute Gasteiger partial charge is 0.462 e. The topological polar surface area (TPSA) is 61.6 Å². The summed E-state index contributed by atoms with van der Waals surface area (Å²) in [5.74, 6) is -0.380. The van der Waals surface area contributed by atoms with Crippen LogP contribution in [0.2, 0.25) is 5.02 Å². The lowest BCUT2D eigenvalue weighted by atomic mass is 10.2. The molecule has 1 aromatic carbocycles. The Morgan fingerprint density at radius 3 is 3.06 bits per heavy atom. The van der Waals surface area contributed by atoms with E-state index in [1.165, 1.54) is 6.07 Å². The Morgan fingerprint density at radius 1 is 1.56 bits per heavy atom. The van der Waals surface area contributed by atoms with Crippen molar-refractivity contribution in [2.24, 2.45) is 0 Å². The third-order valence-corrected chi connectivity index (χ3v) is 3.26. The number of ether oxygens (including phenoxy) is 2. The summed E-state index contributed by atoms with van der Waals surface area (Å²) in [7, 11) is 0. The van der Waals surface area contributed by atoms with Gasteiger partial charge in [0.25, 0.3) is 0 Å². The van der Waals surface area contributed by atoms with Crippen LogP contribution in [0.5, 0.6) is 0 Å². The average molecular weight is 270 g/mol. The molecule has 1 aromatic rings. The molecule has 0 saturated carbocycles. The van der Waals surface area contributed by atoms with E-state index in [1.54, 1.807) is 12.1 Å². The second-order valence-electron chi connectivity index (χ2n) is 4.30. The maximum atomic E-state index is 11.7. The van der Waals surface area contributed by atoms with Gasteiger partial charge in [-0.25, -0.2) is 4.79 Å². The molecule has 98 valence electrons. The molecule has 4 nitrogen and oxygen atoms in total. The van der Waals surface area contributed by atoms with Gasteiger partial charge in [-0.3, -0.25) is 0 Å². The van der Waals surface area contributed by atoms with E-state index in [0.717, 1.165) is 25.9 Å². The number of carbonyl (C=O) groups excluding carboxylic acids is 1. The SMILES string of the molecule is Nc1ccc(C(=O)OCCC2CCCO2)cc1Cl. The van der Waals surface area contributed by atoms with Gasteiger partial charge in [0.2, 0.25) is 0 Å². The van der Waals surface area contributed by atoms with E-state index >= 15 is 0 Å². The van der Waals surface area contributed by atoms with E-state index in [9.17, 15) is 4.79 Å². The van der Waals surface area contributed by atoms with Gasteiger partial charge in [-0.05, 0) is 31.0 Å². The normalized spacial score (nSPS) is 18.8. The molecular weight excluding hydrogens is 254 g/mol. The number of nitrogen functional groups attached to an aromatic ring is 1. The van der Waals surface area contributed by atoms with Crippen molar-refractivity contribution in [3.05, 3.63) is 28.8 Å². The lowest BCUT2D eigenvalue weighted by molar-refractivity contribution is 0.0386. The van der Waals surface area contributed by atoms with Crippen LogP contribution in [0.25, 0.3) is 0 Å². The molecule has 5 heteroatoms. The molecule has 1 heterocycles. The first-order valence-corrected chi connectivity index (χ1v) is 6.38. The predicted molar refractivity (Wildman–Crippen MR) is 69.7 cm³/mol. The summed E-state index contributed by atoms with van der Waals surface area (Å²) in [5, 5.41) is 0.364. The molecule has 1 fully saturated rings. The summed E-state index contributed by atoms with van der Waals surface area (Å²) in [6, 6.07) is 4.72. The number of hydrogen-bond donors (Lipinski definition) is 1. The third-order valence-electron chi connectivity index (χ3n) is 2.93. The number of benzene rings is 1. The molecule has 0 aliphatic carbocycles. The van der Waals surface area contributed by atoms with Crippen LogP contribution in [-0.2, 0) is 9.47 Å². The van der Waals surface area contributed by atoms with E-state index in [4.69, 9.17) is 26.8 Å². The van der Waals surface area contributed by atoms with Gasteiger partial charge in [0, 0.05) is 13.0 Å². The van der Waals surface area contributed by atoms with Crippen molar-refractivity contribution in [2.75, 3.05) is 18.9 Å². The Bertz CT molecular complexity index is 430. The maximum Gasteiger partial charge on any atom is 0.338 e. The maximum absolute atomic E-state index is 11.7. The van der Waals surface area contributed by atoms with Gasteiger partial charge in [0.15, 0.2) is 0 Å². The zero-order chi connectivity index (χ0) is 13.0. The smallest absolute Gasteiger partial charge is 0.338 e. The van der Waals surface area contributed by atoms with Crippen LogP contribution in [0.3, 0.4) is 0 Å². The zero-order valence-electron chi connectivity index (χ0n) is 10.0. The molecule has 0 amide bonds. The number of rotatable bonds is 4. The molecule has 1 aliphatic heterocycles. The number of esters is 1. The van der Waals surface area contributed by atoms with Crippen molar-refractivity contribution in [1.29, 1.82) is 0 Å². The molecule has 18 heavy (non-hydrogen) atoms. The molecule has 2 rings (SSSR count). The van der Waals surface area contributed by atoms with Crippen LogP contribution in [0.1, 0.15) is 29.6 Å². The van der Waals surface area contributed by atoms with Crippen LogP contribution in [-0.4, -0.2) is 25.3 Å². The Labute approximate surface area is 111 Å². The fourth-order valence-corrected chi connectivity index (χ4v) is 2.07. The molecule has 0 spiro atoms. The fourth-order valence-electron chi connectivity index (χ4n) is 1.89. The molecular formula is C13H16ClNO3. The van der Waals surface area contributed by atoms with Crippen molar-refractivity contribution < 1.29 is 14.3 Å². The first kappa shape index (κ1) is 13.2. The highest BCUT2D eigenvalue weighted by atomic mass is 35.5. The summed E-state index contributed by atoms with van der Waals surface area (Å²) in [6.45, 7) is 1.18. The first-order chi connectivity index (χ1) is 8.66. The minimum atomic E-state index is -0.380. The Hall–Kier alpha value is -1.26. The summed E-state index contributed by atoms with van der Waals surface area (Å²) >= 11 is 5.84. The molecule has 0 aromatic heterocycles. The predicted octanol–water partition coefficient (Wildman–Crippen LogP) is 2.65. The quantitative estimate of drug-likeness (QED) is 0.674. The monoisotopic (exact) mass is 269 g/mol. The van der Waals surface area contributed by atoms with Crippen molar-refractivity contribution in [3.8, 4) is 0 Å². The second kappa shape index (κ2) is 6.07. The van der Waals surface area contributed by atoms with E-state index in [-0.39, 0.29) is 12.1 Å². The highest BCUT2D eigenvalue weighted by Gasteiger charge is 2.16. The molecule has 0 bridgehead atoms. The number of nitrogens with two attached hydrogens (primary N) is 1. The summed E-state index contributed by atoms with van der Waals surface area (Å²) in [4.78, 5) is 11.7. The van der Waals surface area contributed by atoms with Gasteiger partial charge in [0.1, 0.15) is 0 Å². The third kappa shape index (κ3) is 3.37. The Morgan fingerprint density at radius 2 is 2.39 bits per heavy atom. The minimum Gasteiger partial charge on any atom is -0.462 e. The molecule has 1 aliphatic rings. The average Bonchev–Trinajstić information content (AvgIpc) is 2.85. The molecule has 1 unspecified atom stereocenters. The number of hydrogen-bond acceptors (Lipinski definition) is 4. The second-order valence-corrected chi connectivity index (χ2v) is 4.70.